The molecule has 1 fully saturated rings. The summed E-state index contributed by atoms with van der Waals surface area (Å²) in [5.41, 5.74) is 3.72. The van der Waals surface area contributed by atoms with Gasteiger partial charge in [-0.1, -0.05) is 0 Å². The Morgan fingerprint density at radius 3 is 2.89 bits per heavy atom. The highest BCUT2D eigenvalue weighted by Gasteiger charge is 2.34. The van der Waals surface area contributed by atoms with E-state index in [1.165, 1.54) is 10.5 Å². The van der Waals surface area contributed by atoms with Gasteiger partial charge in [0.25, 0.3) is 0 Å². The molecule has 0 saturated heterocycles. The van der Waals surface area contributed by atoms with Crippen LogP contribution in [0.15, 0.2) is 17.3 Å². The maximum absolute atomic E-state index is 11.5. The Balaban J connectivity index is 1.87. The standard InChI is InChI=1S/C13H18N2O2S/c1-8-11(18-7-15-8)10-5-9(10)6-14-12(16)17-13(2,3)4/h6-7,10H,5H2,1-4H3,(H,14,16). The molecule has 1 amide bonds. The van der Waals surface area contributed by atoms with Crippen molar-refractivity contribution in [2.45, 2.75) is 45.6 Å². The SMILES string of the molecule is Cc1ncsc1C1CC1=CNC(=O)OC(C)(C)C. The Kier molecular flexibility index (Phi) is 3.43. The minimum atomic E-state index is -0.459. The summed E-state index contributed by atoms with van der Waals surface area (Å²) in [4.78, 5) is 17.0. The molecule has 18 heavy (non-hydrogen) atoms. The summed E-state index contributed by atoms with van der Waals surface area (Å²) in [5, 5.41) is 2.67. The molecule has 5 heteroatoms. The Labute approximate surface area is 111 Å². The van der Waals surface area contributed by atoms with Gasteiger partial charge in [0.15, 0.2) is 0 Å². The number of hydrogen-bond donors (Lipinski definition) is 1. The fourth-order valence-electron chi connectivity index (χ4n) is 1.70. The maximum Gasteiger partial charge on any atom is 0.411 e. The number of alkyl carbamates (subject to hydrolysis) is 1. The zero-order valence-electron chi connectivity index (χ0n) is 11.1. The Bertz CT molecular complexity index is 485. The van der Waals surface area contributed by atoms with Crippen molar-refractivity contribution in [1.29, 1.82) is 0 Å². The van der Waals surface area contributed by atoms with Crippen molar-refractivity contribution in [3.05, 3.63) is 27.9 Å². The zero-order valence-corrected chi connectivity index (χ0v) is 11.9. The molecule has 1 unspecified atom stereocenters. The van der Waals surface area contributed by atoms with E-state index in [0.717, 1.165) is 12.1 Å². The molecule has 1 aromatic heterocycles. The van der Waals surface area contributed by atoms with Gasteiger partial charge in [-0.25, -0.2) is 9.78 Å². The topological polar surface area (TPSA) is 51.2 Å². The van der Waals surface area contributed by atoms with Gasteiger partial charge < -0.3 is 4.74 Å². The number of rotatable bonds is 2. The van der Waals surface area contributed by atoms with Crippen molar-refractivity contribution in [1.82, 2.24) is 10.3 Å². The summed E-state index contributed by atoms with van der Waals surface area (Å²) in [6, 6.07) is 0. The van der Waals surface area contributed by atoms with Crippen LogP contribution in [0.25, 0.3) is 0 Å². The molecule has 4 nitrogen and oxygen atoms in total. The second-order valence-electron chi connectivity index (χ2n) is 5.42. The second-order valence-corrected chi connectivity index (χ2v) is 6.31. The van der Waals surface area contributed by atoms with Gasteiger partial charge in [-0.15, -0.1) is 11.3 Å². The molecule has 1 aliphatic rings. The summed E-state index contributed by atoms with van der Waals surface area (Å²) in [5.74, 6) is 0.437. The van der Waals surface area contributed by atoms with E-state index in [2.05, 4.69) is 10.3 Å². The summed E-state index contributed by atoms with van der Waals surface area (Å²) < 4.78 is 5.16. The summed E-state index contributed by atoms with van der Waals surface area (Å²) in [6.07, 6.45) is 2.36. The molecule has 0 spiro atoms. The number of amides is 1. The fourth-order valence-corrected chi connectivity index (χ4v) is 2.65. The van der Waals surface area contributed by atoms with Crippen LogP contribution in [0.3, 0.4) is 0 Å². The van der Waals surface area contributed by atoms with E-state index in [9.17, 15) is 4.79 Å². The number of ether oxygens (including phenoxy) is 1. The molecule has 0 bridgehead atoms. The Hall–Kier alpha value is -1.36. The number of aryl methyl sites for hydroxylation is 1. The van der Waals surface area contributed by atoms with E-state index in [4.69, 9.17) is 4.74 Å². The van der Waals surface area contributed by atoms with Crippen molar-refractivity contribution in [3.8, 4) is 0 Å². The van der Waals surface area contributed by atoms with Crippen molar-refractivity contribution >= 4 is 17.4 Å². The quantitative estimate of drug-likeness (QED) is 0.893. The lowest BCUT2D eigenvalue weighted by molar-refractivity contribution is 0.0552. The van der Waals surface area contributed by atoms with Gasteiger partial charge in [-0.3, -0.25) is 5.32 Å². The zero-order chi connectivity index (χ0) is 13.3. The van der Waals surface area contributed by atoms with E-state index >= 15 is 0 Å². The largest absolute Gasteiger partial charge is 0.444 e. The number of aromatic nitrogens is 1. The van der Waals surface area contributed by atoms with Crippen molar-refractivity contribution in [3.63, 3.8) is 0 Å². The molecule has 0 aromatic carbocycles. The summed E-state index contributed by atoms with van der Waals surface area (Å²) in [6.45, 7) is 7.56. The third kappa shape index (κ3) is 3.32. The summed E-state index contributed by atoms with van der Waals surface area (Å²) >= 11 is 1.67. The van der Waals surface area contributed by atoms with Crippen molar-refractivity contribution in [2.75, 3.05) is 0 Å². The predicted octanol–water partition coefficient (Wildman–Crippen LogP) is 3.35. The van der Waals surface area contributed by atoms with E-state index < -0.39 is 11.7 Å². The molecule has 98 valence electrons. The van der Waals surface area contributed by atoms with Gasteiger partial charge >= 0.3 is 6.09 Å². The third-order valence-corrected chi connectivity index (χ3v) is 3.65. The van der Waals surface area contributed by atoms with Gasteiger partial charge in [-0.2, -0.15) is 0 Å². The van der Waals surface area contributed by atoms with Gasteiger partial charge in [-0.05, 0) is 39.7 Å². The van der Waals surface area contributed by atoms with Crippen LogP contribution >= 0.6 is 11.3 Å². The van der Waals surface area contributed by atoms with Crippen molar-refractivity contribution < 1.29 is 9.53 Å². The molecule has 0 radical (unpaired) electrons. The van der Waals surface area contributed by atoms with Gasteiger partial charge in [0.1, 0.15) is 5.60 Å². The fraction of sp³-hybridized carbons (Fsp3) is 0.538. The van der Waals surface area contributed by atoms with E-state index in [1.54, 1.807) is 17.5 Å². The highest BCUT2D eigenvalue weighted by atomic mass is 32.1. The molecule has 1 atom stereocenters. The van der Waals surface area contributed by atoms with Gasteiger partial charge in [0.2, 0.25) is 0 Å². The highest BCUT2D eigenvalue weighted by molar-refractivity contribution is 7.09. The number of carbonyl (C=O) groups excluding carboxylic acids is 1. The molecule has 1 aromatic rings. The average Bonchev–Trinajstić information content (AvgIpc) is 2.87. The lowest BCUT2D eigenvalue weighted by Crippen LogP contribution is -2.29. The number of nitrogens with one attached hydrogen (secondary N) is 1. The van der Waals surface area contributed by atoms with Crippen LogP contribution in [-0.2, 0) is 4.74 Å². The van der Waals surface area contributed by atoms with Crippen LogP contribution < -0.4 is 5.32 Å². The number of nitrogens with zero attached hydrogens (tertiary/aromatic N) is 1. The number of thiazole rings is 1. The first-order valence-electron chi connectivity index (χ1n) is 5.95. The molecule has 2 rings (SSSR count). The smallest absolute Gasteiger partial charge is 0.411 e. The van der Waals surface area contributed by atoms with Crippen LogP contribution in [0.2, 0.25) is 0 Å². The minimum absolute atomic E-state index is 0.401. The highest BCUT2D eigenvalue weighted by Crippen LogP contribution is 2.48. The van der Waals surface area contributed by atoms with Gasteiger partial charge in [0.05, 0.1) is 11.2 Å². The minimum Gasteiger partial charge on any atom is -0.444 e. The molecular formula is C13H18N2O2S. The first kappa shape index (κ1) is 13.1. The second kappa shape index (κ2) is 4.72. The lowest BCUT2D eigenvalue weighted by Gasteiger charge is -2.18. The van der Waals surface area contributed by atoms with E-state index in [0.29, 0.717) is 5.92 Å². The molecule has 1 aliphatic carbocycles. The molecule has 1 heterocycles. The number of allylic oxidation sites excluding steroid dienone is 1. The summed E-state index contributed by atoms with van der Waals surface area (Å²) in [7, 11) is 0. The number of hydrogen-bond acceptors (Lipinski definition) is 4. The van der Waals surface area contributed by atoms with E-state index in [1.807, 2.05) is 33.2 Å². The molecular weight excluding hydrogens is 248 g/mol. The van der Waals surface area contributed by atoms with Crippen LogP contribution in [0, 0.1) is 6.92 Å². The monoisotopic (exact) mass is 266 g/mol. The van der Waals surface area contributed by atoms with Crippen LogP contribution in [0.5, 0.6) is 0 Å². The first-order valence-corrected chi connectivity index (χ1v) is 6.83. The average molecular weight is 266 g/mol. The number of carbonyl (C=O) groups is 1. The third-order valence-electron chi connectivity index (χ3n) is 2.60. The van der Waals surface area contributed by atoms with Gasteiger partial charge in [0, 0.05) is 17.0 Å². The van der Waals surface area contributed by atoms with Crippen LogP contribution in [0.4, 0.5) is 4.79 Å². The molecule has 1 saturated carbocycles. The predicted molar refractivity (Wildman–Crippen MR) is 71.7 cm³/mol. The molecule has 0 aliphatic heterocycles. The van der Waals surface area contributed by atoms with Crippen LogP contribution in [-0.4, -0.2) is 16.7 Å². The normalized spacial score (nSPS) is 20.9. The molecule has 1 N–H and O–H groups in total. The Morgan fingerprint density at radius 2 is 2.33 bits per heavy atom. The lowest BCUT2D eigenvalue weighted by atomic mass is 10.2. The Morgan fingerprint density at radius 1 is 1.61 bits per heavy atom. The van der Waals surface area contributed by atoms with E-state index in [-0.39, 0.29) is 0 Å². The maximum atomic E-state index is 11.5. The van der Waals surface area contributed by atoms with Crippen molar-refractivity contribution in [2.24, 2.45) is 0 Å². The van der Waals surface area contributed by atoms with Crippen LogP contribution in [0.1, 0.15) is 43.7 Å². The first-order chi connectivity index (χ1) is 8.37.